The summed E-state index contributed by atoms with van der Waals surface area (Å²) in [5.41, 5.74) is 0. The molecule has 0 radical (unpaired) electrons. The molecule has 0 spiro atoms. The van der Waals surface area contributed by atoms with E-state index in [0.717, 1.165) is 15.9 Å². The zero-order valence-electron chi connectivity index (χ0n) is 9.92. The molecule has 1 saturated heterocycles. The maximum atomic E-state index is 5.93. The monoisotopic (exact) mass is 365 g/mol. The largest absolute Gasteiger partial charge is 0.370 e. The van der Waals surface area contributed by atoms with E-state index in [9.17, 15) is 0 Å². The van der Waals surface area contributed by atoms with Gasteiger partial charge < -0.3 is 10.2 Å². The zero-order valence-corrected chi connectivity index (χ0v) is 12.8. The Morgan fingerprint density at radius 2 is 2.41 bits per heavy atom. The summed E-state index contributed by atoms with van der Waals surface area (Å²) >= 11 is 8.19. The van der Waals surface area contributed by atoms with Crippen LogP contribution in [0.25, 0.3) is 0 Å². The van der Waals surface area contributed by atoms with Crippen LogP contribution < -0.4 is 5.32 Å². The van der Waals surface area contributed by atoms with Crippen LogP contribution in [0.1, 0.15) is 12.8 Å². The van der Waals surface area contributed by atoms with E-state index in [1.165, 1.54) is 25.9 Å². The van der Waals surface area contributed by atoms with Crippen molar-refractivity contribution in [1.29, 1.82) is 0 Å². The lowest BCUT2D eigenvalue weighted by atomic mass is 9.98. The second-order valence-electron chi connectivity index (χ2n) is 4.64. The van der Waals surface area contributed by atoms with Gasteiger partial charge in [0.05, 0.1) is 0 Å². The van der Waals surface area contributed by atoms with E-state index in [2.05, 4.69) is 44.8 Å². The molecule has 3 nitrogen and oxygen atoms in total. The molecule has 2 rings (SSSR count). The van der Waals surface area contributed by atoms with Crippen LogP contribution >= 0.6 is 34.2 Å². The van der Waals surface area contributed by atoms with E-state index in [0.29, 0.717) is 11.1 Å². The molecule has 0 bridgehead atoms. The molecule has 5 heteroatoms. The first-order chi connectivity index (χ1) is 8.13. The molecule has 1 aromatic heterocycles. The number of likely N-dealkylation sites (tertiary alicyclic amines) is 1. The van der Waals surface area contributed by atoms with Gasteiger partial charge in [0.1, 0.15) is 11.0 Å². The first-order valence-corrected chi connectivity index (χ1v) is 7.34. The number of hydrogen-bond acceptors (Lipinski definition) is 3. The normalized spacial score (nSPS) is 21.5. The fraction of sp³-hybridized carbons (Fsp3) is 0.583. The minimum atomic E-state index is 0.556. The van der Waals surface area contributed by atoms with Crippen LogP contribution in [0, 0.1) is 9.49 Å². The summed E-state index contributed by atoms with van der Waals surface area (Å²) in [5.74, 6) is 1.60. The number of nitrogens with zero attached hydrogens (tertiary/aromatic N) is 2. The summed E-state index contributed by atoms with van der Waals surface area (Å²) in [4.78, 5) is 6.67. The van der Waals surface area contributed by atoms with Crippen molar-refractivity contribution in [3.8, 4) is 0 Å². The van der Waals surface area contributed by atoms with Crippen LogP contribution in [0.2, 0.25) is 5.15 Å². The molecule has 1 unspecified atom stereocenters. The van der Waals surface area contributed by atoms with Crippen molar-refractivity contribution in [3.63, 3.8) is 0 Å². The van der Waals surface area contributed by atoms with Gasteiger partial charge >= 0.3 is 0 Å². The maximum absolute atomic E-state index is 5.93. The van der Waals surface area contributed by atoms with Crippen molar-refractivity contribution in [3.05, 3.63) is 20.9 Å². The Morgan fingerprint density at radius 1 is 1.59 bits per heavy atom. The van der Waals surface area contributed by atoms with Gasteiger partial charge in [-0.1, -0.05) is 11.6 Å². The van der Waals surface area contributed by atoms with E-state index in [-0.39, 0.29) is 0 Å². The number of nitrogens with one attached hydrogen (secondary N) is 1. The molecule has 1 atom stereocenters. The molecule has 0 aliphatic carbocycles. The van der Waals surface area contributed by atoms with Crippen molar-refractivity contribution >= 4 is 40.0 Å². The molecule has 0 aromatic carbocycles. The van der Waals surface area contributed by atoms with Gasteiger partial charge in [0.15, 0.2) is 0 Å². The highest BCUT2D eigenvalue weighted by Crippen LogP contribution is 2.18. The molecule has 2 heterocycles. The van der Waals surface area contributed by atoms with Gasteiger partial charge in [-0.3, -0.25) is 0 Å². The first-order valence-electron chi connectivity index (χ1n) is 5.89. The number of pyridine rings is 1. The highest BCUT2D eigenvalue weighted by molar-refractivity contribution is 14.1. The number of anilines is 1. The van der Waals surface area contributed by atoms with Gasteiger partial charge in [0.25, 0.3) is 0 Å². The second kappa shape index (κ2) is 6.20. The molecule has 1 fully saturated rings. The Balaban J connectivity index is 1.88. The lowest BCUT2D eigenvalue weighted by Gasteiger charge is -2.29. The predicted octanol–water partition coefficient (Wildman–Crippen LogP) is 3.09. The van der Waals surface area contributed by atoms with Crippen LogP contribution in [-0.4, -0.2) is 36.6 Å². The minimum Gasteiger partial charge on any atom is -0.370 e. The topological polar surface area (TPSA) is 28.2 Å². The summed E-state index contributed by atoms with van der Waals surface area (Å²) < 4.78 is 1.12. The molecule has 94 valence electrons. The van der Waals surface area contributed by atoms with Gasteiger partial charge in [-0.25, -0.2) is 4.98 Å². The summed E-state index contributed by atoms with van der Waals surface area (Å²) in [6, 6.07) is 3.89. The van der Waals surface area contributed by atoms with Crippen LogP contribution in [0.3, 0.4) is 0 Å². The minimum absolute atomic E-state index is 0.556. The Hall–Kier alpha value is -0.0700. The number of aromatic nitrogens is 1. The van der Waals surface area contributed by atoms with E-state index in [4.69, 9.17) is 11.6 Å². The van der Waals surface area contributed by atoms with E-state index >= 15 is 0 Å². The standard InChI is InChI=1S/C12H17ClIN3/c1-17-4-2-3-9(8-17)7-15-12-6-10(14)5-11(13)16-12/h5-6,9H,2-4,7-8H2,1H3,(H,15,16). The predicted molar refractivity (Wildman–Crippen MR) is 80.7 cm³/mol. The number of rotatable bonds is 3. The van der Waals surface area contributed by atoms with Crippen molar-refractivity contribution in [2.75, 3.05) is 32.0 Å². The van der Waals surface area contributed by atoms with E-state index in [1.807, 2.05) is 12.1 Å². The maximum Gasteiger partial charge on any atom is 0.132 e. The molecule has 0 amide bonds. The summed E-state index contributed by atoms with van der Waals surface area (Å²) in [6.45, 7) is 3.38. The van der Waals surface area contributed by atoms with Crippen LogP contribution in [-0.2, 0) is 0 Å². The number of hydrogen-bond donors (Lipinski definition) is 1. The molecule has 1 aliphatic rings. The van der Waals surface area contributed by atoms with Crippen molar-refractivity contribution < 1.29 is 0 Å². The Labute approximate surface area is 121 Å². The average molecular weight is 366 g/mol. The van der Waals surface area contributed by atoms with Gasteiger partial charge in [0, 0.05) is 16.7 Å². The molecule has 1 aromatic rings. The smallest absolute Gasteiger partial charge is 0.132 e. The fourth-order valence-electron chi connectivity index (χ4n) is 2.24. The van der Waals surface area contributed by atoms with Crippen molar-refractivity contribution in [1.82, 2.24) is 9.88 Å². The summed E-state index contributed by atoms with van der Waals surface area (Å²) in [7, 11) is 2.19. The fourth-order valence-corrected chi connectivity index (χ4v) is 3.23. The molecular weight excluding hydrogens is 349 g/mol. The second-order valence-corrected chi connectivity index (χ2v) is 6.28. The lowest BCUT2D eigenvalue weighted by molar-refractivity contribution is 0.217. The Bertz CT molecular complexity index is 366. The van der Waals surface area contributed by atoms with Crippen molar-refractivity contribution in [2.45, 2.75) is 12.8 Å². The Kier molecular flexibility index (Phi) is 4.87. The third kappa shape index (κ3) is 4.26. The SMILES string of the molecule is CN1CCCC(CNc2cc(I)cc(Cl)n2)C1. The number of piperidine rings is 1. The molecule has 1 aliphatic heterocycles. The average Bonchev–Trinajstić information content (AvgIpc) is 2.25. The van der Waals surface area contributed by atoms with Crippen LogP contribution in [0.15, 0.2) is 12.1 Å². The van der Waals surface area contributed by atoms with Gasteiger partial charge in [-0.15, -0.1) is 0 Å². The molecule has 1 N–H and O–H groups in total. The Morgan fingerprint density at radius 3 is 3.12 bits per heavy atom. The lowest BCUT2D eigenvalue weighted by Crippen LogP contribution is -2.35. The van der Waals surface area contributed by atoms with E-state index < -0.39 is 0 Å². The third-order valence-corrected chi connectivity index (χ3v) is 3.87. The molecule has 0 saturated carbocycles. The first kappa shape index (κ1) is 13.4. The third-order valence-electron chi connectivity index (χ3n) is 3.05. The van der Waals surface area contributed by atoms with Gasteiger partial charge in [-0.05, 0) is 67.1 Å². The summed E-state index contributed by atoms with van der Waals surface area (Å²) in [6.07, 6.45) is 2.60. The number of halogens is 2. The quantitative estimate of drug-likeness (QED) is 0.659. The van der Waals surface area contributed by atoms with Gasteiger partial charge in [0.2, 0.25) is 0 Å². The highest BCUT2D eigenvalue weighted by atomic mass is 127. The molecular formula is C12H17ClIN3. The highest BCUT2D eigenvalue weighted by Gasteiger charge is 2.16. The van der Waals surface area contributed by atoms with Crippen molar-refractivity contribution in [2.24, 2.45) is 5.92 Å². The van der Waals surface area contributed by atoms with Gasteiger partial charge in [-0.2, -0.15) is 0 Å². The van der Waals surface area contributed by atoms with Crippen LogP contribution in [0.5, 0.6) is 0 Å². The van der Waals surface area contributed by atoms with E-state index in [1.54, 1.807) is 0 Å². The summed E-state index contributed by atoms with van der Waals surface area (Å²) in [5, 5.41) is 3.95. The zero-order chi connectivity index (χ0) is 12.3. The van der Waals surface area contributed by atoms with Crippen LogP contribution in [0.4, 0.5) is 5.82 Å². The molecule has 17 heavy (non-hydrogen) atoms.